The molecule has 5 nitrogen and oxygen atoms in total. The van der Waals surface area contributed by atoms with E-state index >= 15 is 0 Å². The lowest BCUT2D eigenvalue weighted by atomic mass is 10.1. The average Bonchev–Trinajstić information content (AvgIpc) is 2.92. The van der Waals surface area contributed by atoms with Gasteiger partial charge in [0.2, 0.25) is 11.7 Å². The van der Waals surface area contributed by atoms with E-state index in [1.54, 1.807) is 19.1 Å². The van der Waals surface area contributed by atoms with Crippen molar-refractivity contribution in [3.8, 4) is 11.4 Å². The van der Waals surface area contributed by atoms with E-state index in [1.807, 2.05) is 6.92 Å². The van der Waals surface area contributed by atoms with Gasteiger partial charge in [0.25, 0.3) is 0 Å². The maximum absolute atomic E-state index is 13.3. The molecular weight excluding hydrogens is 261 g/mol. The molecule has 1 fully saturated rings. The van der Waals surface area contributed by atoms with Crippen molar-refractivity contribution in [1.29, 1.82) is 0 Å². The number of nitrogens with zero attached hydrogens (tertiary/aromatic N) is 2. The molecule has 2 atom stereocenters. The lowest BCUT2D eigenvalue weighted by Crippen LogP contribution is -2.40. The first-order chi connectivity index (χ1) is 9.65. The normalized spacial score (nSPS) is 22.9. The predicted octanol–water partition coefficient (Wildman–Crippen LogP) is 2.23. The third-order valence-corrected chi connectivity index (χ3v) is 3.44. The van der Waals surface area contributed by atoms with Crippen LogP contribution in [0.15, 0.2) is 22.7 Å². The molecule has 1 aromatic carbocycles. The largest absolute Gasteiger partial charge is 0.375 e. The summed E-state index contributed by atoms with van der Waals surface area (Å²) in [6.45, 7) is 5.10. The van der Waals surface area contributed by atoms with E-state index in [9.17, 15) is 4.39 Å². The Balaban J connectivity index is 1.87. The van der Waals surface area contributed by atoms with Crippen LogP contribution in [0.25, 0.3) is 11.4 Å². The number of benzene rings is 1. The summed E-state index contributed by atoms with van der Waals surface area (Å²) < 4.78 is 24.1. The molecule has 20 heavy (non-hydrogen) atoms. The Morgan fingerprint density at radius 3 is 3.00 bits per heavy atom. The van der Waals surface area contributed by atoms with Crippen LogP contribution in [0.4, 0.5) is 4.39 Å². The van der Waals surface area contributed by atoms with Gasteiger partial charge < -0.3 is 14.6 Å². The van der Waals surface area contributed by atoms with Gasteiger partial charge in [-0.25, -0.2) is 4.39 Å². The Hall–Kier alpha value is -1.79. The summed E-state index contributed by atoms with van der Waals surface area (Å²) in [5, 5.41) is 7.25. The monoisotopic (exact) mass is 277 g/mol. The molecule has 0 spiro atoms. The van der Waals surface area contributed by atoms with Crippen LogP contribution < -0.4 is 5.32 Å². The van der Waals surface area contributed by atoms with Gasteiger partial charge in [0.1, 0.15) is 11.9 Å². The molecule has 0 aliphatic carbocycles. The van der Waals surface area contributed by atoms with Crippen molar-refractivity contribution in [3.63, 3.8) is 0 Å². The molecule has 2 aromatic rings. The molecule has 1 saturated heterocycles. The Morgan fingerprint density at radius 1 is 1.40 bits per heavy atom. The molecule has 1 N–H and O–H groups in total. The van der Waals surface area contributed by atoms with Crippen LogP contribution in [-0.2, 0) is 4.74 Å². The maximum Gasteiger partial charge on any atom is 0.246 e. The molecule has 0 radical (unpaired) electrons. The number of nitrogens with one attached hydrogen (secondary N) is 1. The van der Waals surface area contributed by atoms with E-state index in [-0.39, 0.29) is 18.0 Å². The first-order valence-electron chi connectivity index (χ1n) is 6.60. The number of hydrogen-bond donors (Lipinski definition) is 1. The van der Waals surface area contributed by atoms with Crippen molar-refractivity contribution in [2.24, 2.45) is 0 Å². The zero-order valence-electron chi connectivity index (χ0n) is 11.4. The molecule has 0 saturated carbocycles. The summed E-state index contributed by atoms with van der Waals surface area (Å²) in [6, 6.07) is 4.65. The van der Waals surface area contributed by atoms with Crippen molar-refractivity contribution in [3.05, 3.63) is 35.5 Å². The van der Waals surface area contributed by atoms with Crippen LogP contribution in [0.5, 0.6) is 0 Å². The highest BCUT2D eigenvalue weighted by Crippen LogP contribution is 2.24. The summed E-state index contributed by atoms with van der Waals surface area (Å²) in [4.78, 5) is 4.38. The third kappa shape index (κ3) is 2.44. The quantitative estimate of drug-likeness (QED) is 0.912. The van der Waals surface area contributed by atoms with Gasteiger partial charge in [-0.2, -0.15) is 4.98 Å². The molecule has 6 heteroatoms. The zero-order valence-corrected chi connectivity index (χ0v) is 11.4. The fraction of sp³-hybridized carbons (Fsp3) is 0.429. The molecule has 0 bridgehead atoms. The van der Waals surface area contributed by atoms with Crippen molar-refractivity contribution < 1.29 is 13.7 Å². The number of hydrogen-bond acceptors (Lipinski definition) is 5. The molecule has 1 aliphatic rings. The molecular formula is C14H16FN3O2. The first kappa shape index (κ1) is 13.2. The molecule has 1 aliphatic heterocycles. The summed E-state index contributed by atoms with van der Waals surface area (Å²) in [6.07, 6.45) is -0.0213. The second-order valence-corrected chi connectivity index (χ2v) is 4.93. The minimum absolute atomic E-state index is 0.0213. The van der Waals surface area contributed by atoms with Crippen molar-refractivity contribution in [2.45, 2.75) is 26.0 Å². The van der Waals surface area contributed by atoms with E-state index < -0.39 is 0 Å². The van der Waals surface area contributed by atoms with Crippen LogP contribution in [0.1, 0.15) is 24.4 Å². The molecule has 0 amide bonds. The minimum Gasteiger partial charge on any atom is -0.375 e. The third-order valence-electron chi connectivity index (χ3n) is 3.44. The van der Waals surface area contributed by atoms with Crippen molar-refractivity contribution >= 4 is 0 Å². The van der Waals surface area contributed by atoms with Gasteiger partial charge in [0.15, 0.2) is 0 Å². The van der Waals surface area contributed by atoms with Crippen molar-refractivity contribution in [1.82, 2.24) is 15.5 Å². The lowest BCUT2D eigenvalue weighted by molar-refractivity contribution is -0.00136. The average molecular weight is 277 g/mol. The number of morpholine rings is 1. The van der Waals surface area contributed by atoms with Gasteiger partial charge in [-0.1, -0.05) is 5.16 Å². The van der Waals surface area contributed by atoms with Gasteiger partial charge in [0.05, 0.1) is 12.7 Å². The molecule has 2 heterocycles. The summed E-state index contributed by atoms with van der Waals surface area (Å²) in [5.74, 6) is 0.713. The summed E-state index contributed by atoms with van der Waals surface area (Å²) in [7, 11) is 0. The van der Waals surface area contributed by atoms with Gasteiger partial charge >= 0.3 is 0 Å². The van der Waals surface area contributed by atoms with Gasteiger partial charge in [-0.05, 0) is 37.6 Å². The van der Waals surface area contributed by atoms with E-state index in [0.717, 1.165) is 12.1 Å². The smallest absolute Gasteiger partial charge is 0.246 e. The standard InChI is InChI=1S/C14H16FN3O2/c1-8-7-10(3-4-11(8)15)13-17-14(20-18-13)12-9(2)19-6-5-16-12/h3-4,7,9,12,16H,5-6H2,1-2H3/t9-,12+/m1/s1. The lowest BCUT2D eigenvalue weighted by Gasteiger charge is -2.27. The van der Waals surface area contributed by atoms with Gasteiger partial charge in [0, 0.05) is 12.1 Å². The number of aryl methyl sites for hydroxylation is 1. The molecule has 0 unspecified atom stereocenters. The molecule has 1 aromatic heterocycles. The number of ether oxygens (including phenoxy) is 1. The van der Waals surface area contributed by atoms with Crippen LogP contribution in [0, 0.1) is 12.7 Å². The summed E-state index contributed by atoms with van der Waals surface area (Å²) >= 11 is 0. The maximum atomic E-state index is 13.3. The van der Waals surface area contributed by atoms with E-state index in [2.05, 4.69) is 15.5 Å². The molecule has 106 valence electrons. The van der Waals surface area contributed by atoms with Crippen molar-refractivity contribution in [2.75, 3.05) is 13.2 Å². The topological polar surface area (TPSA) is 60.2 Å². The SMILES string of the molecule is Cc1cc(-c2noc([C@H]3NCCO[C@@H]3C)n2)ccc1F. The van der Waals surface area contributed by atoms with Crippen LogP contribution in [-0.4, -0.2) is 29.4 Å². The number of rotatable bonds is 2. The highest BCUT2D eigenvalue weighted by molar-refractivity contribution is 5.55. The second kappa shape index (κ2) is 5.30. The number of aromatic nitrogens is 2. The Kier molecular flexibility index (Phi) is 3.50. The Morgan fingerprint density at radius 2 is 2.25 bits per heavy atom. The van der Waals surface area contributed by atoms with E-state index in [1.165, 1.54) is 6.07 Å². The number of halogens is 1. The second-order valence-electron chi connectivity index (χ2n) is 4.93. The first-order valence-corrected chi connectivity index (χ1v) is 6.60. The van der Waals surface area contributed by atoms with E-state index in [0.29, 0.717) is 23.9 Å². The minimum atomic E-state index is -0.242. The van der Waals surface area contributed by atoms with Gasteiger partial charge in [-0.3, -0.25) is 0 Å². The Bertz CT molecular complexity index is 614. The fourth-order valence-electron chi connectivity index (χ4n) is 2.27. The van der Waals surface area contributed by atoms with E-state index in [4.69, 9.17) is 9.26 Å². The highest BCUT2D eigenvalue weighted by atomic mass is 19.1. The zero-order chi connectivity index (χ0) is 14.1. The Labute approximate surface area is 116 Å². The van der Waals surface area contributed by atoms with Crippen LogP contribution in [0.2, 0.25) is 0 Å². The van der Waals surface area contributed by atoms with Crippen LogP contribution in [0.3, 0.4) is 0 Å². The van der Waals surface area contributed by atoms with Gasteiger partial charge in [-0.15, -0.1) is 0 Å². The summed E-state index contributed by atoms with van der Waals surface area (Å²) in [5.41, 5.74) is 1.30. The van der Waals surface area contributed by atoms with Crippen LogP contribution >= 0.6 is 0 Å². The fourth-order valence-corrected chi connectivity index (χ4v) is 2.27. The molecule has 3 rings (SSSR count). The highest BCUT2D eigenvalue weighted by Gasteiger charge is 2.28. The predicted molar refractivity (Wildman–Crippen MR) is 70.6 cm³/mol.